The van der Waals surface area contributed by atoms with E-state index in [-0.39, 0.29) is 11.9 Å². The van der Waals surface area contributed by atoms with Crippen LogP contribution in [0, 0.1) is 0 Å². The average Bonchev–Trinajstić information content (AvgIpc) is 3.12. The van der Waals surface area contributed by atoms with Crippen molar-refractivity contribution in [2.75, 3.05) is 18.1 Å². The van der Waals surface area contributed by atoms with E-state index in [4.69, 9.17) is 4.74 Å². The van der Waals surface area contributed by atoms with E-state index in [1.54, 1.807) is 12.4 Å². The molecule has 1 aromatic rings. The Bertz CT molecular complexity index is 490. The molecule has 108 valence electrons. The van der Waals surface area contributed by atoms with Crippen LogP contribution in [0.2, 0.25) is 0 Å². The number of carbonyl (C=O) groups excluding carboxylic acids is 1. The van der Waals surface area contributed by atoms with Gasteiger partial charge in [-0.3, -0.25) is 9.78 Å². The van der Waals surface area contributed by atoms with Crippen LogP contribution in [0.3, 0.4) is 0 Å². The molecule has 6 nitrogen and oxygen atoms in total. The van der Waals surface area contributed by atoms with Crippen molar-refractivity contribution in [3.63, 3.8) is 0 Å². The number of nitrogens with one attached hydrogen (secondary N) is 1. The molecular formula is C14H20N4O2. The smallest absolute Gasteiger partial charge is 0.242 e. The zero-order valence-electron chi connectivity index (χ0n) is 11.7. The normalized spacial score (nSPS) is 21.9. The van der Waals surface area contributed by atoms with E-state index in [1.165, 1.54) is 0 Å². The number of amides is 1. The minimum atomic E-state index is -0.123. The molecule has 1 amide bonds. The molecule has 0 bridgehead atoms. The summed E-state index contributed by atoms with van der Waals surface area (Å²) in [5, 5.41) is 3.08. The maximum Gasteiger partial charge on any atom is 0.242 e. The lowest BCUT2D eigenvalue weighted by Gasteiger charge is -2.24. The molecule has 2 aliphatic rings. The van der Waals surface area contributed by atoms with Gasteiger partial charge in [0, 0.05) is 12.6 Å². The summed E-state index contributed by atoms with van der Waals surface area (Å²) in [7, 11) is 0. The monoisotopic (exact) mass is 276 g/mol. The highest BCUT2D eigenvalue weighted by Gasteiger charge is 2.34. The van der Waals surface area contributed by atoms with E-state index in [0.29, 0.717) is 18.5 Å². The van der Waals surface area contributed by atoms with E-state index < -0.39 is 0 Å². The molecule has 0 aromatic carbocycles. The maximum atomic E-state index is 12.3. The fraction of sp³-hybridized carbons (Fsp3) is 0.643. The van der Waals surface area contributed by atoms with Crippen LogP contribution in [-0.2, 0) is 4.79 Å². The topological polar surface area (TPSA) is 67.3 Å². The van der Waals surface area contributed by atoms with Crippen molar-refractivity contribution in [2.45, 2.75) is 44.7 Å². The molecule has 0 spiro atoms. The zero-order valence-corrected chi connectivity index (χ0v) is 11.7. The zero-order chi connectivity index (χ0) is 13.9. The number of carbonyl (C=O) groups is 1. The molecule has 1 aromatic heterocycles. The van der Waals surface area contributed by atoms with Gasteiger partial charge in [-0.25, -0.2) is 0 Å². The van der Waals surface area contributed by atoms with Crippen molar-refractivity contribution < 1.29 is 9.53 Å². The second-order valence-corrected chi connectivity index (χ2v) is 5.28. The van der Waals surface area contributed by atoms with E-state index in [2.05, 4.69) is 15.3 Å². The molecule has 1 atom stereocenters. The number of hydrogen-bond donors (Lipinski definition) is 1. The first-order valence-electron chi connectivity index (χ1n) is 7.30. The summed E-state index contributed by atoms with van der Waals surface area (Å²) < 4.78 is 5.38. The Balaban J connectivity index is 1.73. The molecule has 2 heterocycles. The van der Waals surface area contributed by atoms with Crippen LogP contribution >= 0.6 is 0 Å². The van der Waals surface area contributed by atoms with Crippen LogP contribution in [0.4, 0.5) is 5.82 Å². The fourth-order valence-electron chi connectivity index (χ4n) is 2.53. The van der Waals surface area contributed by atoms with E-state index in [0.717, 1.165) is 38.0 Å². The van der Waals surface area contributed by atoms with Crippen LogP contribution in [0.15, 0.2) is 12.4 Å². The van der Waals surface area contributed by atoms with Gasteiger partial charge in [0.2, 0.25) is 11.8 Å². The highest BCUT2D eigenvalue weighted by molar-refractivity contribution is 5.86. The van der Waals surface area contributed by atoms with Gasteiger partial charge in [0.15, 0.2) is 5.82 Å². The lowest BCUT2D eigenvalue weighted by Crippen LogP contribution is -2.44. The van der Waals surface area contributed by atoms with E-state index >= 15 is 0 Å². The van der Waals surface area contributed by atoms with Gasteiger partial charge in [-0.15, -0.1) is 0 Å². The standard InChI is InChI=1S/C14H20N4O2/c1-2-20-13-9-15-8-12(17-13)18-7-3-4-11(18)14(19)16-10-5-6-10/h8-11H,2-7H2,1H3,(H,16,19)/t11-/m0/s1. The molecule has 1 saturated carbocycles. The molecule has 1 aliphatic carbocycles. The summed E-state index contributed by atoms with van der Waals surface area (Å²) in [6.45, 7) is 3.31. The van der Waals surface area contributed by atoms with Gasteiger partial charge in [0.05, 0.1) is 19.0 Å². The number of nitrogens with zero attached hydrogens (tertiary/aromatic N) is 3. The van der Waals surface area contributed by atoms with Crippen LogP contribution in [-0.4, -0.2) is 41.1 Å². The Labute approximate surface area is 118 Å². The van der Waals surface area contributed by atoms with Gasteiger partial charge in [0.25, 0.3) is 0 Å². The number of anilines is 1. The molecule has 1 saturated heterocycles. The Hall–Kier alpha value is -1.85. The molecule has 1 aliphatic heterocycles. The van der Waals surface area contributed by atoms with Gasteiger partial charge in [-0.1, -0.05) is 0 Å². The fourth-order valence-corrected chi connectivity index (χ4v) is 2.53. The molecule has 2 fully saturated rings. The SMILES string of the molecule is CCOc1cncc(N2CCC[C@H]2C(=O)NC2CC2)n1. The van der Waals surface area contributed by atoms with Crippen molar-refractivity contribution in [3.05, 3.63) is 12.4 Å². The van der Waals surface area contributed by atoms with Crippen molar-refractivity contribution in [1.29, 1.82) is 0 Å². The Morgan fingerprint density at radius 3 is 3.05 bits per heavy atom. The van der Waals surface area contributed by atoms with Crippen molar-refractivity contribution in [2.24, 2.45) is 0 Å². The minimum absolute atomic E-state index is 0.119. The number of aromatic nitrogens is 2. The Morgan fingerprint density at radius 2 is 2.30 bits per heavy atom. The average molecular weight is 276 g/mol. The maximum absolute atomic E-state index is 12.3. The predicted octanol–water partition coefficient (Wildman–Crippen LogP) is 1.12. The molecule has 3 rings (SSSR count). The van der Waals surface area contributed by atoms with Crippen LogP contribution in [0.1, 0.15) is 32.6 Å². The highest BCUT2D eigenvalue weighted by Crippen LogP contribution is 2.26. The van der Waals surface area contributed by atoms with Gasteiger partial charge in [0.1, 0.15) is 6.04 Å². The quantitative estimate of drug-likeness (QED) is 0.873. The van der Waals surface area contributed by atoms with Crippen molar-refractivity contribution >= 4 is 11.7 Å². The van der Waals surface area contributed by atoms with Crippen LogP contribution in [0.5, 0.6) is 5.88 Å². The third-order valence-corrected chi connectivity index (χ3v) is 3.67. The number of rotatable bonds is 5. The summed E-state index contributed by atoms with van der Waals surface area (Å²) in [6, 6.07) is 0.271. The Kier molecular flexibility index (Phi) is 3.71. The molecule has 0 unspecified atom stereocenters. The third kappa shape index (κ3) is 2.84. The summed E-state index contributed by atoms with van der Waals surface area (Å²) >= 11 is 0. The summed E-state index contributed by atoms with van der Waals surface area (Å²) in [5.74, 6) is 1.36. The van der Waals surface area contributed by atoms with Gasteiger partial charge >= 0.3 is 0 Å². The van der Waals surface area contributed by atoms with Crippen LogP contribution < -0.4 is 15.0 Å². The number of hydrogen-bond acceptors (Lipinski definition) is 5. The highest BCUT2D eigenvalue weighted by atomic mass is 16.5. The van der Waals surface area contributed by atoms with Crippen molar-refractivity contribution in [1.82, 2.24) is 15.3 Å². The van der Waals surface area contributed by atoms with Crippen molar-refractivity contribution in [3.8, 4) is 5.88 Å². The molecule has 6 heteroatoms. The van der Waals surface area contributed by atoms with Crippen LogP contribution in [0.25, 0.3) is 0 Å². The lowest BCUT2D eigenvalue weighted by molar-refractivity contribution is -0.122. The molecule has 1 N–H and O–H groups in total. The van der Waals surface area contributed by atoms with E-state index in [9.17, 15) is 4.79 Å². The van der Waals surface area contributed by atoms with E-state index in [1.807, 2.05) is 11.8 Å². The second-order valence-electron chi connectivity index (χ2n) is 5.28. The first-order valence-corrected chi connectivity index (χ1v) is 7.30. The number of ether oxygens (including phenoxy) is 1. The summed E-state index contributed by atoms with van der Waals surface area (Å²) in [4.78, 5) is 22.9. The molecule has 0 radical (unpaired) electrons. The summed E-state index contributed by atoms with van der Waals surface area (Å²) in [5.41, 5.74) is 0. The first kappa shape index (κ1) is 13.1. The van der Waals surface area contributed by atoms with Gasteiger partial charge < -0.3 is 15.0 Å². The predicted molar refractivity (Wildman–Crippen MR) is 74.7 cm³/mol. The Morgan fingerprint density at radius 1 is 1.45 bits per heavy atom. The first-order chi connectivity index (χ1) is 9.78. The molecular weight excluding hydrogens is 256 g/mol. The summed E-state index contributed by atoms with van der Waals surface area (Å²) in [6.07, 6.45) is 7.40. The molecule has 20 heavy (non-hydrogen) atoms. The van der Waals surface area contributed by atoms with Gasteiger partial charge in [-0.05, 0) is 32.6 Å². The third-order valence-electron chi connectivity index (χ3n) is 3.67. The largest absolute Gasteiger partial charge is 0.477 e. The second kappa shape index (κ2) is 5.64. The van der Waals surface area contributed by atoms with Gasteiger partial charge in [-0.2, -0.15) is 4.98 Å². The lowest BCUT2D eigenvalue weighted by atomic mass is 10.2. The minimum Gasteiger partial charge on any atom is -0.477 e.